The van der Waals surface area contributed by atoms with Gasteiger partial charge in [0.05, 0.1) is 11.7 Å². The first-order valence-corrected chi connectivity index (χ1v) is 5.26. The van der Waals surface area contributed by atoms with Gasteiger partial charge in [-0.3, -0.25) is 4.79 Å². The monoisotopic (exact) mass is 223 g/mol. The normalized spacial score (nSPS) is 14.7. The van der Waals surface area contributed by atoms with E-state index >= 15 is 0 Å². The summed E-state index contributed by atoms with van der Waals surface area (Å²) in [5.41, 5.74) is 0.289. The van der Waals surface area contributed by atoms with Gasteiger partial charge in [0.1, 0.15) is 11.6 Å². The molecule has 0 unspecified atom stereocenters. The van der Waals surface area contributed by atoms with Gasteiger partial charge in [0, 0.05) is 14.1 Å². The molecule has 0 bridgehead atoms. The standard InChI is InChI=1S/C12H14FNO2/c1-14(2)12(15)10-7-8(13)3-6-11(10)16-9-4-5-9/h3,6-7,9H,4-5H2,1-2H3. The van der Waals surface area contributed by atoms with E-state index in [0.29, 0.717) is 5.75 Å². The first-order chi connectivity index (χ1) is 7.58. The van der Waals surface area contributed by atoms with E-state index in [1.807, 2.05) is 0 Å². The van der Waals surface area contributed by atoms with Crippen molar-refractivity contribution in [2.45, 2.75) is 18.9 Å². The van der Waals surface area contributed by atoms with Crippen molar-refractivity contribution in [3.8, 4) is 5.75 Å². The highest BCUT2D eigenvalue weighted by molar-refractivity contribution is 5.96. The predicted octanol–water partition coefficient (Wildman–Crippen LogP) is 2.07. The zero-order valence-electron chi connectivity index (χ0n) is 9.37. The summed E-state index contributed by atoms with van der Waals surface area (Å²) in [4.78, 5) is 13.2. The van der Waals surface area contributed by atoms with Crippen molar-refractivity contribution in [3.05, 3.63) is 29.6 Å². The Labute approximate surface area is 93.8 Å². The van der Waals surface area contributed by atoms with Gasteiger partial charge in [0.2, 0.25) is 0 Å². The summed E-state index contributed by atoms with van der Waals surface area (Å²) >= 11 is 0. The lowest BCUT2D eigenvalue weighted by Gasteiger charge is -2.14. The molecule has 3 nitrogen and oxygen atoms in total. The van der Waals surface area contributed by atoms with Crippen LogP contribution < -0.4 is 4.74 Å². The highest BCUT2D eigenvalue weighted by Crippen LogP contribution is 2.29. The van der Waals surface area contributed by atoms with Crippen LogP contribution in [0, 0.1) is 5.82 Å². The molecule has 0 heterocycles. The SMILES string of the molecule is CN(C)C(=O)c1cc(F)ccc1OC1CC1. The van der Waals surface area contributed by atoms with E-state index in [9.17, 15) is 9.18 Å². The van der Waals surface area contributed by atoms with Gasteiger partial charge >= 0.3 is 0 Å². The predicted molar refractivity (Wildman–Crippen MR) is 58.1 cm³/mol. The second-order valence-electron chi connectivity index (χ2n) is 4.16. The van der Waals surface area contributed by atoms with E-state index in [1.54, 1.807) is 14.1 Å². The summed E-state index contributed by atoms with van der Waals surface area (Å²) in [7, 11) is 3.27. The molecule has 1 saturated carbocycles. The fourth-order valence-corrected chi connectivity index (χ4v) is 1.38. The molecule has 0 atom stereocenters. The third-order valence-electron chi connectivity index (χ3n) is 2.40. The molecule has 86 valence electrons. The van der Waals surface area contributed by atoms with Crippen molar-refractivity contribution in [2.75, 3.05) is 14.1 Å². The van der Waals surface area contributed by atoms with Crippen LogP contribution in [0.3, 0.4) is 0 Å². The smallest absolute Gasteiger partial charge is 0.257 e. The number of carbonyl (C=O) groups is 1. The number of carbonyl (C=O) groups excluding carboxylic acids is 1. The molecule has 1 aliphatic carbocycles. The van der Waals surface area contributed by atoms with Gasteiger partial charge < -0.3 is 9.64 Å². The van der Waals surface area contributed by atoms with Gasteiger partial charge in [-0.05, 0) is 31.0 Å². The van der Waals surface area contributed by atoms with E-state index in [4.69, 9.17) is 4.74 Å². The van der Waals surface area contributed by atoms with Gasteiger partial charge in [-0.1, -0.05) is 0 Å². The summed E-state index contributed by atoms with van der Waals surface area (Å²) in [6.45, 7) is 0. The maximum Gasteiger partial charge on any atom is 0.257 e. The van der Waals surface area contributed by atoms with Gasteiger partial charge in [-0.2, -0.15) is 0 Å². The molecule has 1 fully saturated rings. The fraction of sp³-hybridized carbons (Fsp3) is 0.417. The third kappa shape index (κ3) is 2.32. The number of hydrogen-bond acceptors (Lipinski definition) is 2. The second kappa shape index (κ2) is 4.12. The average molecular weight is 223 g/mol. The van der Waals surface area contributed by atoms with E-state index < -0.39 is 5.82 Å². The molecule has 2 rings (SSSR count). The number of nitrogens with zero attached hydrogens (tertiary/aromatic N) is 1. The highest BCUT2D eigenvalue weighted by atomic mass is 19.1. The number of halogens is 1. The molecule has 4 heteroatoms. The molecule has 0 aromatic heterocycles. The van der Waals surface area contributed by atoms with Crippen molar-refractivity contribution in [1.82, 2.24) is 4.90 Å². The fourth-order valence-electron chi connectivity index (χ4n) is 1.38. The average Bonchev–Trinajstić information content (AvgIpc) is 3.03. The van der Waals surface area contributed by atoms with Gasteiger partial charge in [-0.25, -0.2) is 4.39 Å². The first kappa shape index (κ1) is 10.9. The lowest BCUT2D eigenvalue weighted by Crippen LogP contribution is -2.22. The quantitative estimate of drug-likeness (QED) is 0.785. The topological polar surface area (TPSA) is 29.5 Å². The number of rotatable bonds is 3. The van der Waals surface area contributed by atoms with Crippen molar-refractivity contribution in [1.29, 1.82) is 0 Å². The van der Waals surface area contributed by atoms with Crippen LogP contribution in [0.4, 0.5) is 4.39 Å². The largest absolute Gasteiger partial charge is 0.490 e. The van der Waals surface area contributed by atoms with Crippen LogP contribution in [-0.2, 0) is 0 Å². The van der Waals surface area contributed by atoms with Crippen LogP contribution in [0.25, 0.3) is 0 Å². The van der Waals surface area contributed by atoms with Gasteiger partial charge in [0.15, 0.2) is 0 Å². The Bertz CT molecular complexity index is 413. The van der Waals surface area contributed by atoms with Crippen LogP contribution in [0.2, 0.25) is 0 Å². The molecule has 16 heavy (non-hydrogen) atoms. The lowest BCUT2D eigenvalue weighted by atomic mass is 10.1. The molecular formula is C12H14FNO2. The Morgan fingerprint density at radius 1 is 1.44 bits per heavy atom. The van der Waals surface area contributed by atoms with Crippen molar-refractivity contribution in [3.63, 3.8) is 0 Å². The Morgan fingerprint density at radius 2 is 2.12 bits per heavy atom. The molecule has 1 aromatic carbocycles. The number of ether oxygens (including phenoxy) is 1. The van der Waals surface area contributed by atoms with Crippen LogP contribution >= 0.6 is 0 Å². The van der Waals surface area contributed by atoms with Crippen LogP contribution in [0.15, 0.2) is 18.2 Å². The van der Waals surface area contributed by atoms with Crippen LogP contribution in [0.1, 0.15) is 23.2 Å². The zero-order chi connectivity index (χ0) is 11.7. The number of amides is 1. The molecule has 0 saturated heterocycles. The summed E-state index contributed by atoms with van der Waals surface area (Å²) in [5, 5.41) is 0. The Hall–Kier alpha value is -1.58. The molecule has 1 amide bonds. The maximum absolute atomic E-state index is 13.1. The molecule has 1 aliphatic rings. The van der Waals surface area contributed by atoms with Crippen LogP contribution in [0.5, 0.6) is 5.75 Å². The molecule has 1 aromatic rings. The molecule has 0 N–H and O–H groups in total. The van der Waals surface area contributed by atoms with Crippen molar-refractivity contribution in [2.24, 2.45) is 0 Å². The summed E-state index contributed by atoms with van der Waals surface area (Å²) in [5.74, 6) is -0.189. The molecule has 0 spiro atoms. The minimum atomic E-state index is -0.423. The zero-order valence-corrected chi connectivity index (χ0v) is 9.37. The lowest BCUT2D eigenvalue weighted by molar-refractivity contribution is 0.0822. The van der Waals surface area contributed by atoms with Crippen molar-refractivity contribution >= 4 is 5.91 Å². The molecule has 0 aliphatic heterocycles. The Kier molecular flexibility index (Phi) is 2.81. The molecular weight excluding hydrogens is 209 g/mol. The second-order valence-corrected chi connectivity index (χ2v) is 4.16. The first-order valence-electron chi connectivity index (χ1n) is 5.26. The Morgan fingerprint density at radius 3 is 2.69 bits per heavy atom. The maximum atomic E-state index is 13.1. The summed E-state index contributed by atoms with van der Waals surface area (Å²) in [6.07, 6.45) is 2.21. The Balaban J connectivity index is 2.30. The van der Waals surface area contributed by atoms with E-state index in [2.05, 4.69) is 0 Å². The molecule has 0 radical (unpaired) electrons. The summed E-state index contributed by atoms with van der Waals surface area (Å²) < 4.78 is 18.7. The minimum Gasteiger partial charge on any atom is -0.490 e. The van der Waals surface area contributed by atoms with Crippen molar-refractivity contribution < 1.29 is 13.9 Å². The number of hydrogen-bond donors (Lipinski definition) is 0. The van der Waals surface area contributed by atoms with Gasteiger partial charge in [0.25, 0.3) is 5.91 Å². The highest BCUT2D eigenvalue weighted by Gasteiger charge is 2.26. The van der Waals surface area contributed by atoms with Gasteiger partial charge in [-0.15, -0.1) is 0 Å². The summed E-state index contributed by atoms with van der Waals surface area (Å²) in [6, 6.07) is 4.05. The van der Waals surface area contributed by atoms with E-state index in [-0.39, 0.29) is 17.6 Å². The minimum absolute atomic E-state index is 0.194. The van der Waals surface area contributed by atoms with E-state index in [0.717, 1.165) is 12.8 Å². The van der Waals surface area contributed by atoms with E-state index in [1.165, 1.54) is 23.1 Å². The van der Waals surface area contributed by atoms with Crippen LogP contribution in [-0.4, -0.2) is 31.0 Å². The number of benzene rings is 1. The third-order valence-corrected chi connectivity index (χ3v) is 2.40.